The molecule has 53 heavy (non-hydrogen) atoms. The molecule has 3 fully saturated rings. The number of aromatic amines is 1. The molecule has 7 rings (SSSR count). The van der Waals surface area contributed by atoms with Gasteiger partial charge in [0, 0.05) is 36.5 Å². The van der Waals surface area contributed by atoms with Crippen LogP contribution in [0, 0.1) is 23.5 Å². The highest BCUT2D eigenvalue weighted by atomic mass is 19.1. The summed E-state index contributed by atoms with van der Waals surface area (Å²) in [6, 6.07) is 16.7. The highest BCUT2D eigenvalue weighted by Crippen LogP contribution is 2.48. The zero-order valence-corrected chi connectivity index (χ0v) is 30.0. The van der Waals surface area contributed by atoms with E-state index in [0.717, 1.165) is 83.5 Å². The minimum absolute atomic E-state index is 0.0317. The van der Waals surface area contributed by atoms with E-state index in [1.54, 1.807) is 12.1 Å². The standard InChI is InChI=1S/C41H50F2N4O6/c42-30-21-29(22-31(43)24-30)41(46-40(51)52,35-26-47-18-15-27(35)16-19-47)28-9-8-10-32(23-28)53-20-7-5-3-1-2-4-6-17-44-25-37(49)33-11-13-36(48)39-34(33)12-14-38(50)45-39/h8-14,21-24,27,35,37,44,46,48-49H,1-7,15-20,25-26H2,(H,45,50)(H,51,52). The number of ether oxygens (including phenoxy) is 1. The van der Waals surface area contributed by atoms with Crippen molar-refractivity contribution in [2.45, 2.75) is 69.4 Å². The summed E-state index contributed by atoms with van der Waals surface area (Å²) in [5.41, 5.74) is 0.152. The van der Waals surface area contributed by atoms with E-state index in [-0.39, 0.29) is 28.7 Å². The molecule has 1 aromatic heterocycles. The maximum atomic E-state index is 14.7. The fraction of sp³-hybridized carbons (Fsp3) is 0.463. The summed E-state index contributed by atoms with van der Waals surface area (Å²) in [6.45, 7) is 4.11. The van der Waals surface area contributed by atoms with Crippen LogP contribution < -0.4 is 20.9 Å². The van der Waals surface area contributed by atoms with Crippen LogP contribution in [0.1, 0.15) is 80.6 Å². The number of nitrogens with one attached hydrogen (secondary N) is 3. The molecule has 0 saturated carbocycles. The lowest BCUT2D eigenvalue weighted by molar-refractivity contribution is 0.00700. The summed E-state index contributed by atoms with van der Waals surface area (Å²) in [6.07, 6.45) is 6.94. The van der Waals surface area contributed by atoms with Gasteiger partial charge in [0.2, 0.25) is 5.56 Å². The van der Waals surface area contributed by atoms with Crippen LogP contribution in [0.5, 0.6) is 11.5 Å². The Balaban J connectivity index is 0.951. The number of H-pyrrole nitrogens is 1. The van der Waals surface area contributed by atoms with Gasteiger partial charge in [0.1, 0.15) is 23.1 Å². The molecule has 4 aromatic rings. The van der Waals surface area contributed by atoms with Crippen molar-refractivity contribution in [2.24, 2.45) is 11.8 Å². The molecule has 3 aliphatic heterocycles. The maximum Gasteiger partial charge on any atom is 0.405 e. The van der Waals surface area contributed by atoms with Gasteiger partial charge < -0.3 is 40.6 Å². The van der Waals surface area contributed by atoms with Gasteiger partial charge in [0.15, 0.2) is 0 Å². The van der Waals surface area contributed by atoms with Crippen LogP contribution in [0.4, 0.5) is 13.6 Å². The number of rotatable bonds is 18. The molecule has 0 radical (unpaired) electrons. The average molecular weight is 733 g/mol. The summed E-state index contributed by atoms with van der Waals surface area (Å²) in [4.78, 5) is 29.0. The van der Waals surface area contributed by atoms with Crippen LogP contribution in [-0.4, -0.2) is 70.6 Å². The third kappa shape index (κ3) is 9.17. The van der Waals surface area contributed by atoms with Gasteiger partial charge in [0.25, 0.3) is 0 Å². The molecule has 1 amide bonds. The van der Waals surface area contributed by atoms with Crippen LogP contribution in [0.25, 0.3) is 10.9 Å². The number of aromatic hydroxyl groups is 1. The highest BCUT2D eigenvalue weighted by molar-refractivity contribution is 5.87. The van der Waals surface area contributed by atoms with Crippen LogP contribution in [-0.2, 0) is 5.54 Å². The van der Waals surface area contributed by atoms with E-state index < -0.39 is 29.4 Å². The summed E-state index contributed by atoms with van der Waals surface area (Å²) in [5.74, 6) is -0.976. The number of unbranched alkanes of at least 4 members (excludes halogenated alkanes) is 6. The number of carboxylic acid groups (broad SMARTS) is 1. The Labute approximate surface area is 308 Å². The molecule has 12 heteroatoms. The van der Waals surface area contributed by atoms with Crippen molar-refractivity contribution in [1.29, 1.82) is 0 Å². The number of pyridine rings is 1. The third-order valence-corrected chi connectivity index (χ3v) is 11.0. The van der Waals surface area contributed by atoms with Crippen LogP contribution in [0.3, 0.4) is 0 Å². The molecule has 0 spiro atoms. The molecular formula is C41H50F2N4O6. The highest BCUT2D eigenvalue weighted by Gasteiger charge is 2.51. The number of halogens is 2. The fourth-order valence-electron chi connectivity index (χ4n) is 8.39. The normalized spacial score (nSPS) is 19.9. The van der Waals surface area contributed by atoms with Crippen molar-refractivity contribution >= 4 is 17.0 Å². The molecule has 3 unspecified atom stereocenters. The molecular weight excluding hydrogens is 682 g/mol. The molecule has 3 aliphatic rings. The zero-order chi connectivity index (χ0) is 37.4. The van der Waals surface area contributed by atoms with Crippen LogP contribution >= 0.6 is 0 Å². The Morgan fingerprint density at radius 2 is 1.64 bits per heavy atom. The van der Waals surface area contributed by atoms with Crippen molar-refractivity contribution in [3.05, 3.63) is 105 Å². The van der Waals surface area contributed by atoms with Gasteiger partial charge >= 0.3 is 6.09 Å². The van der Waals surface area contributed by atoms with Crippen LogP contribution in [0.15, 0.2) is 71.5 Å². The Morgan fingerprint density at radius 1 is 0.925 bits per heavy atom. The van der Waals surface area contributed by atoms with Crippen molar-refractivity contribution < 1.29 is 33.6 Å². The first-order valence-corrected chi connectivity index (χ1v) is 18.8. The molecule has 3 saturated heterocycles. The van der Waals surface area contributed by atoms with E-state index in [9.17, 15) is 33.7 Å². The van der Waals surface area contributed by atoms with E-state index in [1.165, 1.54) is 24.3 Å². The predicted molar refractivity (Wildman–Crippen MR) is 199 cm³/mol. The monoisotopic (exact) mass is 732 g/mol. The number of carbonyl (C=O) groups is 1. The number of aromatic nitrogens is 1. The number of fused-ring (bicyclic) bond motifs is 4. The lowest BCUT2D eigenvalue weighted by Crippen LogP contribution is -2.61. The van der Waals surface area contributed by atoms with Gasteiger partial charge in [-0.2, -0.15) is 0 Å². The second kappa shape index (κ2) is 17.5. The number of hydrogen-bond acceptors (Lipinski definition) is 7. The molecule has 284 valence electrons. The van der Waals surface area contributed by atoms with E-state index in [1.807, 2.05) is 24.3 Å². The summed E-state index contributed by atoms with van der Waals surface area (Å²) in [5, 5.41) is 37.6. The number of benzene rings is 3. The number of piperidine rings is 3. The molecule has 0 aliphatic carbocycles. The second-order valence-corrected chi connectivity index (χ2v) is 14.5. The lowest BCUT2D eigenvalue weighted by Gasteiger charge is -2.53. The molecule has 3 aromatic carbocycles. The van der Waals surface area contributed by atoms with Crippen LogP contribution in [0.2, 0.25) is 0 Å². The van der Waals surface area contributed by atoms with Gasteiger partial charge in [-0.3, -0.25) is 4.79 Å². The largest absolute Gasteiger partial charge is 0.506 e. The summed E-state index contributed by atoms with van der Waals surface area (Å²) >= 11 is 0. The predicted octanol–water partition coefficient (Wildman–Crippen LogP) is 6.80. The number of phenols is 1. The van der Waals surface area contributed by atoms with E-state index in [2.05, 4.69) is 20.5 Å². The molecule has 6 N–H and O–H groups in total. The van der Waals surface area contributed by atoms with Gasteiger partial charge in [0.05, 0.1) is 23.8 Å². The van der Waals surface area contributed by atoms with Crippen molar-refractivity contribution in [3.8, 4) is 11.5 Å². The van der Waals surface area contributed by atoms with E-state index >= 15 is 0 Å². The minimum atomic E-state index is -1.36. The molecule has 4 heterocycles. The van der Waals surface area contributed by atoms with Crippen molar-refractivity contribution in [2.75, 3.05) is 39.3 Å². The zero-order valence-electron chi connectivity index (χ0n) is 30.0. The van der Waals surface area contributed by atoms with Crippen molar-refractivity contribution in [3.63, 3.8) is 0 Å². The fourth-order valence-corrected chi connectivity index (χ4v) is 8.39. The minimum Gasteiger partial charge on any atom is -0.506 e. The Bertz CT molecular complexity index is 1900. The smallest absolute Gasteiger partial charge is 0.405 e. The summed E-state index contributed by atoms with van der Waals surface area (Å²) in [7, 11) is 0. The van der Waals surface area contributed by atoms with E-state index in [4.69, 9.17) is 4.74 Å². The Morgan fingerprint density at radius 3 is 2.34 bits per heavy atom. The van der Waals surface area contributed by atoms with Gasteiger partial charge in [-0.05, 0) is 104 Å². The molecule has 10 nitrogen and oxygen atoms in total. The maximum absolute atomic E-state index is 14.7. The quantitative estimate of drug-likeness (QED) is 0.0613. The Hall–Kier alpha value is -4.52. The number of aliphatic hydroxyl groups is 1. The average Bonchev–Trinajstić information content (AvgIpc) is 3.14. The number of hydrogen-bond donors (Lipinski definition) is 6. The summed E-state index contributed by atoms with van der Waals surface area (Å²) < 4.78 is 35.5. The lowest BCUT2D eigenvalue weighted by atomic mass is 9.63. The number of phenolic OH excluding ortho intramolecular Hbond substituents is 1. The molecule has 3 atom stereocenters. The Kier molecular flexibility index (Phi) is 12.6. The third-order valence-electron chi connectivity index (χ3n) is 11.0. The number of amides is 1. The second-order valence-electron chi connectivity index (χ2n) is 14.5. The number of nitrogens with zero attached hydrogens (tertiary/aromatic N) is 1. The number of aliphatic hydroxyl groups excluding tert-OH is 1. The first-order valence-electron chi connectivity index (χ1n) is 18.8. The van der Waals surface area contributed by atoms with Gasteiger partial charge in [-0.1, -0.05) is 50.3 Å². The van der Waals surface area contributed by atoms with E-state index in [0.29, 0.717) is 47.5 Å². The topological polar surface area (TPSA) is 147 Å². The molecule has 2 bridgehead atoms. The first kappa shape index (κ1) is 38.2. The first-order chi connectivity index (χ1) is 25.6. The van der Waals surface area contributed by atoms with Gasteiger partial charge in [-0.25, -0.2) is 13.6 Å². The van der Waals surface area contributed by atoms with Gasteiger partial charge in [-0.15, -0.1) is 0 Å². The van der Waals surface area contributed by atoms with Crippen molar-refractivity contribution in [1.82, 2.24) is 20.5 Å². The SMILES string of the molecule is O=C(O)NC(c1cc(F)cc(F)c1)(c1cccc(OCCCCCCCCCNCC(O)c2ccc(O)c3[nH]c(=O)ccc23)c1)C1CN2CCC1CC2.